The van der Waals surface area contributed by atoms with Gasteiger partial charge in [-0.05, 0) is 50.2 Å². The molecule has 120 valence electrons. The molecule has 3 nitrogen and oxygen atoms in total. The van der Waals surface area contributed by atoms with Gasteiger partial charge >= 0.3 is 0 Å². The minimum Gasteiger partial charge on any atom is -0.350 e. The Morgan fingerprint density at radius 3 is 2.55 bits per heavy atom. The molecule has 0 aliphatic heterocycles. The molecule has 0 radical (unpaired) electrons. The van der Waals surface area contributed by atoms with Crippen LogP contribution in [0, 0.1) is 12.7 Å². The molecule has 0 aliphatic carbocycles. The average Bonchev–Trinajstić information content (AvgIpc) is 2.87. The number of nitrogens with one attached hydrogen (secondary N) is 2. The number of halogens is 2. The van der Waals surface area contributed by atoms with Crippen molar-refractivity contribution in [1.82, 2.24) is 10.6 Å². The molecule has 0 saturated carbocycles. The molecule has 0 fully saturated rings. The molecular formula is C16H20ClFN2OS. The maximum atomic E-state index is 13.0. The second kappa shape index (κ2) is 8.27. The van der Waals surface area contributed by atoms with Crippen LogP contribution in [-0.2, 0) is 0 Å². The van der Waals surface area contributed by atoms with Crippen LogP contribution in [0.3, 0.4) is 0 Å². The first-order valence-electron chi connectivity index (χ1n) is 6.83. The molecule has 1 aromatic heterocycles. The highest BCUT2D eigenvalue weighted by Gasteiger charge is 2.14. The number of benzene rings is 1. The standard InChI is InChI=1S/C16H19FN2OS.ClH/c1-10(18-3)9-19-16(20)15-8-14(11(2)21-15)12-4-6-13(17)7-5-12;/h4-8,10,18H,9H2,1-3H3,(H,19,20);1H. The van der Waals surface area contributed by atoms with Gasteiger partial charge in [-0.25, -0.2) is 4.39 Å². The zero-order chi connectivity index (χ0) is 15.4. The number of rotatable bonds is 5. The summed E-state index contributed by atoms with van der Waals surface area (Å²) >= 11 is 1.45. The highest BCUT2D eigenvalue weighted by Crippen LogP contribution is 2.31. The van der Waals surface area contributed by atoms with E-state index < -0.39 is 0 Å². The topological polar surface area (TPSA) is 41.1 Å². The number of thiophene rings is 1. The minimum absolute atomic E-state index is 0. The molecule has 1 unspecified atom stereocenters. The third-order valence-electron chi connectivity index (χ3n) is 3.36. The molecule has 1 aromatic carbocycles. The molecule has 2 aromatic rings. The summed E-state index contributed by atoms with van der Waals surface area (Å²) in [5, 5.41) is 5.97. The first kappa shape index (κ1) is 18.6. The van der Waals surface area contributed by atoms with Crippen LogP contribution in [0.1, 0.15) is 21.5 Å². The summed E-state index contributed by atoms with van der Waals surface area (Å²) in [6.45, 7) is 4.55. The number of amides is 1. The fraction of sp³-hybridized carbons (Fsp3) is 0.312. The van der Waals surface area contributed by atoms with Crippen molar-refractivity contribution in [2.75, 3.05) is 13.6 Å². The van der Waals surface area contributed by atoms with E-state index in [1.807, 2.05) is 27.0 Å². The van der Waals surface area contributed by atoms with Crippen LogP contribution in [0.25, 0.3) is 11.1 Å². The molecule has 0 saturated heterocycles. The molecule has 0 spiro atoms. The number of hydrogen-bond donors (Lipinski definition) is 2. The lowest BCUT2D eigenvalue weighted by Crippen LogP contribution is -2.36. The van der Waals surface area contributed by atoms with Crippen LogP contribution >= 0.6 is 23.7 Å². The maximum Gasteiger partial charge on any atom is 0.261 e. The van der Waals surface area contributed by atoms with Crippen molar-refractivity contribution < 1.29 is 9.18 Å². The van der Waals surface area contributed by atoms with E-state index in [-0.39, 0.29) is 30.2 Å². The number of carbonyl (C=O) groups is 1. The highest BCUT2D eigenvalue weighted by molar-refractivity contribution is 7.14. The van der Waals surface area contributed by atoms with Gasteiger partial charge in [0.25, 0.3) is 5.91 Å². The molecule has 1 heterocycles. The van der Waals surface area contributed by atoms with E-state index >= 15 is 0 Å². The van der Waals surface area contributed by atoms with Crippen molar-refractivity contribution in [2.24, 2.45) is 0 Å². The van der Waals surface area contributed by atoms with Gasteiger partial charge < -0.3 is 10.6 Å². The molecular weight excluding hydrogens is 323 g/mol. The van der Waals surface area contributed by atoms with Crippen LogP contribution in [0.4, 0.5) is 4.39 Å². The zero-order valence-electron chi connectivity index (χ0n) is 12.8. The van der Waals surface area contributed by atoms with Gasteiger partial charge in [-0.3, -0.25) is 4.79 Å². The highest BCUT2D eigenvalue weighted by atomic mass is 35.5. The van der Waals surface area contributed by atoms with E-state index in [0.29, 0.717) is 11.4 Å². The fourth-order valence-electron chi connectivity index (χ4n) is 1.95. The maximum absolute atomic E-state index is 13.0. The predicted octanol–water partition coefficient (Wildman–Crippen LogP) is 3.62. The molecule has 22 heavy (non-hydrogen) atoms. The van der Waals surface area contributed by atoms with Gasteiger partial charge in [0.05, 0.1) is 4.88 Å². The summed E-state index contributed by atoms with van der Waals surface area (Å²) in [6, 6.07) is 8.42. The third-order valence-corrected chi connectivity index (χ3v) is 4.41. The van der Waals surface area contributed by atoms with Crippen LogP contribution < -0.4 is 10.6 Å². The van der Waals surface area contributed by atoms with Gasteiger partial charge in [-0.15, -0.1) is 23.7 Å². The SMILES string of the molecule is CNC(C)CNC(=O)c1cc(-c2ccc(F)cc2)c(C)s1.Cl. The van der Waals surface area contributed by atoms with Crippen LogP contribution in [-0.4, -0.2) is 25.5 Å². The minimum atomic E-state index is -0.259. The number of hydrogen-bond acceptors (Lipinski definition) is 3. The lowest BCUT2D eigenvalue weighted by molar-refractivity contribution is 0.0954. The summed E-state index contributed by atoms with van der Waals surface area (Å²) in [5.74, 6) is -0.329. The van der Waals surface area contributed by atoms with E-state index in [2.05, 4.69) is 10.6 Å². The normalized spacial score (nSPS) is 11.6. The van der Waals surface area contributed by atoms with Gasteiger partial charge in [0.15, 0.2) is 0 Å². The van der Waals surface area contributed by atoms with Gasteiger partial charge in [-0.1, -0.05) is 12.1 Å². The Hall–Kier alpha value is -1.43. The molecule has 2 N–H and O–H groups in total. The van der Waals surface area contributed by atoms with Crippen molar-refractivity contribution in [3.63, 3.8) is 0 Å². The van der Waals surface area contributed by atoms with Crippen LogP contribution in [0.5, 0.6) is 0 Å². The van der Waals surface area contributed by atoms with E-state index in [4.69, 9.17) is 0 Å². The van der Waals surface area contributed by atoms with E-state index in [1.54, 1.807) is 12.1 Å². The predicted molar refractivity (Wildman–Crippen MR) is 92.6 cm³/mol. The van der Waals surface area contributed by atoms with Crippen molar-refractivity contribution in [2.45, 2.75) is 19.9 Å². The second-order valence-electron chi connectivity index (χ2n) is 4.99. The zero-order valence-corrected chi connectivity index (χ0v) is 14.4. The summed E-state index contributed by atoms with van der Waals surface area (Å²) in [5.41, 5.74) is 1.90. The fourth-order valence-corrected chi connectivity index (χ4v) is 2.90. The molecule has 2 rings (SSSR count). The Morgan fingerprint density at radius 2 is 1.95 bits per heavy atom. The Morgan fingerprint density at radius 1 is 1.32 bits per heavy atom. The first-order valence-corrected chi connectivity index (χ1v) is 7.64. The lowest BCUT2D eigenvalue weighted by atomic mass is 10.1. The van der Waals surface area contributed by atoms with E-state index in [0.717, 1.165) is 16.0 Å². The van der Waals surface area contributed by atoms with E-state index in [1.165, 1.54) is 23.5 Å². The lowest BCUT2D eigenvalue weighted by Gasteiger charge is -2.10. The Kier molecular flexibility index (Phi) is 7.00. The number of likely N-dealkylation sites (N-methyl/N-ethyl adjacent to an activating group) is 1. The largest absolute Gasteiger partial charge is 0.350 e. The average molecular weight is 343 g/mol. The molecule has 1 amide bonds. The third kappa shape index (κ3) is 4.53. The second-order valence-corrected chi connectivity index (χ2v) is 6.24. The van der Waals surface area contributed by atoms with Gasteiger partial charge in [0.2, 0.25) is 0 Å². The molecule has 1 atom stereocenters. The Balaban J connectivity index is 0.00000242. The smallest absolute Gasteiger partial charge is 0.261 e. The number of carbonyl (C=O) groups excluding carboxylic acids is 1. The van der Waals surface area contributed by atoms with Crippen molar-refractivity contribution in [3.8, 4) is 11.1 Å². The van der Waals surface area contributed by atoms with Crippen LogP contribution in [0.15, 0.2) is 30.3 Å². The molecule has 0 bridgehead atoms. The van der Waals surface area contributed by atoms with Crippen molar-refractivity contribution >= 4 is 29.7 Å². The first-order chi connectivity index (χ1) is 10.0. The summed E-state index contributed by atoms with van der Waals surface area (Å²) in [4.78, 5) is 13.9. The van der Waals surface area contributed by atoms with E-state index in [9.17, 15) is 9.18 Å². The van der Waals surface area contributed by atoms with Gasteiger partial charge in [-0.2, -0.15) is 0 Å². The number of aryl methyl sites for hydroxylation is 1. The summed E-state index contributed by atoms with van der Waals surface area (Å²) in [6.07, 6.45) is 0. The summed E-state index contributed by atoms with van der Waals surface area (Å²) < 4.78 is 13.0. The van der Waals surface area contributed by atoms with Gasteiger partial charge in [0, 0.05) is 17.5 Å². The molecule has 0 aliphatic rings. The van der Waals surface area contributed by atoms with Crippen molar-refractivity contribution in [1.29, 1.82) is 0 Å². The van der Waals surface area contributed by atoms with Crippen LogP contribution in [0.2, 0.25) is 0 Å². The van der Waals surface area contributed by atoms with Gasteiger partial charge in [0.1, 0.15) is 5.82 Å². The Labute approximate surface area is 140 Å². The molecule has 6 heteroatoms. The monoisotopic (exact) mass is 342 g/mol. The quantitative estimate of drug-likeness (QED) is 0.871. The van der Waals surface area contributed by atoms with Crippen molar-refractivity contribution in [3.05, 3.63) is 45.9 Å². The summed E-state index contributed by atoms with van der Waals surface area (Å²) in [7, 11) is 1.86. The Bertz CT molecular complexity index is 628.